The molecule has 0 aliphatic heterocycles. The van der Waals surface area contributed by atoms with Crippen LogP contribution in [0.25, 0.3) is 5.65 Å². The van der Waals surface area contributed by atoms with Gasteiger partial charge in [-0.05, 0) is 6.07 Å². The summed E-state index contributed by atoms with van der Waals surface area (Å²) in [7, 11) is 0. The number of nitrogens with zero attached hydrogens (tertiary/aromatic N) is 4. The summed E-state index contributed by atoms with van der Waals surface area (Å²) in [4.78, 5) is 8.22. The van der Waals surface area contributed by atoms with Gasteiger partial charge in [-0.2, -0.15) is 10.1 Å². The highest BCUT2D eigenvalue weighted by molar-refractivity contribution is 5.53. The molecule has 3 aromatic heterocycles. The molecule has 0 saturated heterocycles. The molecule has 2 N–H and O–H groups in total. The molecule has 104 valence electrons. The SMILES string of the molecule is FC(F)COc1cn2c(Nc3cc[nH]n3)nccc2n1. The van der Waals surface area contributed by atoms with Crippen LogP contribution in [0.1, 0.15) is 0 Å². The van der Waals surface area contributed by atoms with Gasteiger partial charge in [0, 0.05) is 18.5 Å². The second kappa shape index (κ2) is 5.11. The van der Waals surface area contributed by atoms with Crippen LogP contribution >= 0.6 is 0 Å². The molecule has 0 unspecified atom stereocenters. The van der Waals surface area contributed by atoms with E-state index in [9.17, 15) is 8.78 Å². The zero-order valence-corrected chi connectivity index (χ0v) is 10.1. The van der Waals surface area contributed by atoms with E-state index in [1.165, 1.54) is 6.20 Å². The van der Waals surface area contributed by atoms with Gasteiger partial charge < -0.3 is 10.1 Å². The third-order valence-electron chi connectivity index (χ3n) is 2.46. The maximum atomic E-state index is 12.1. The Labute approximate surface area is 111 Å². The lowest BCUT2D eigenvalue weighted by molar-refractivity contribution is 0.0799. The van der Waals surface area contributed by atoms with E-state index in [0.717, 1.165) is 0 Å². The van der Waals surface area contributed by atoms with Crippen molar-refractivity contribution < 1.29 is 13.5 Å². The van der Waals surface area contributed by atoms with Crippen LogP contribution in [-0.2, 0) is 0 Å². The van der Waals surface area contributed by atoms with Gasteiger partial charge in [0.2, 0.25) is 11.8 Å². The number of fused-ring (bicyclic) bond motifs is 1. The molecule has 0 spiro atoms. The number of rotatable bonds is 5. The Bertz CT molecular complexity index is 696. The van der Waals surface area contributed by atoms with Crippen molar-refractivity contribution in [3.05, 3.63) is 30.7 Å². The highest BCUT2D eigenvalue weighted by Gasteiger charge is 2.10. The number of H-pyrrole nitrogens is 1. The maximum absolute atomic E-state index is 12.1. The molecule has 7 nitrogen and oxygen atoms in total. The average molecular weight is 280 g/mol. The number of aromatic amines is 1. The average Bonchev–Trinajstić information content (AvgIpc) is 3.05. The summed E-state index contributed by atoms with van der Waals surface area (Å²) in [5.41, 5.74) is 0.530. The number of halogens is 2. The lowest BCUT2D eigenvalue weighted by Crippen LogP contribution is -2.06. The maximum Gasteiger partial charge on any atom is 0.272 e. The predicted octanol–water partition coefficient (Wildman–Crippen LogP) is 1.84. The molecule has 9 heteroatoms. The molecule has 0 aliphatic rings. The number of ether oxygens (including phenoxy) is 1. The van der Waals surface area contributed by atoms with Crippen LogP contribution in [0.2, 0.25) is 0 Å². The Kier molecular flexibility index (Phi) is 3.15. The normalized spacial score (nSPS) is 11.2. The smallest absolute Gasteiger partial charge is 0.272 e. The van der Waals surface area contributed by atoms with Crippen LogP contribution in [0.5, 0.6) is 5.88 Å². The molecule has 0 bridgehead atoms. The summed E-state index contributed by atoms with van der Waals surface area (Å²) in [6.07, 6.45) is 2.15. The Morgan fingerprint density at radius 1 is 1.40 bits per heavy atom. The summed E-state index contributed by atoms with van der Waals surface area (Å²) in [5.74, 6) is 1.14. The monoisotopic (exact) mass is 280 g/mol. The number of aromatic nitrogens is 5. The van der Waals surface area contributed by atoms with Gasteiger partial charge in [-0.1, -0.05) is 0 Å². The molecule has 20 heavy (non-hydrogen) atoms. The molecular formula is C11H10F2N6O. The summed E-state index contributed by atoms with van der Waals surface area (Å²) in [6, 6.07) is 3.37. The molecule has 0 amide bonds. The minimum atomic E-state index is -2.54. The molecule has 3 rings (SSSR count). The molecule has 0 saturated carbocycles. The quantitative estimate of drug-likeness (QED) is 0.745. The van der Waals surface area contributed by atoms with Crippen molar-refractivity contribution in [3.8, 4) is 5.88 Å². The van der Waals surface area contributed by atoms with Crippen LogP contribution in [0.15, 0.2) is 30.7 Å². The number of hydrogen-bond acceptors (Lipinski definition) is 5. The van der Waals surface area contributed by atoms with E-state index in [1.807, 2.05) is 0 Å². The predicted molar refractivity (Wildman–Crippen MR) is 66.4 cm³/mol. The highest BCUT2D eigenvalue weighted by atomic mass is 19.3. The first-order chi connectivity index (χ1) is 9.72. The fraction of sp³-hybridized carbons (Fsp3) is 0.182. The second-order valence-corrected chi connectivity index (χ2v) is 3.86. The fourth-order valence-electron chi connectivity index (χ4n) is 1.65. The molecule has 0 fully saturated rings. The van der Waals surface area contributed by atoms with Gasteiger partial charge in [-0.15, -0.1) is 0 Å². The van der Waals surface area contributed by atoms with Gasteiger partial charge in [-0.3, -0.25) is 9.50 Å². The highest BCUT2D eigenvalue weighted by Crippen LogP contribution is 2.18. The van der Waals surface area contributed by atoms with E-state index in [1.54, 1.807) is 28.9 Å². The third kappa shape index (κ3) is 2.51. The second-order valence-electron chi connectivity index (χ2n) is 3.86. The topological polar surface area (TPSA) is 80.1 Å². The molecule has 0 radical (unpaired) electrons. The van der Waals surface area contributed by atoms with Crippen LogP contribution < -0.4 is 10.1 Å². The van der Waals surface area contributed by atoms with Gasteiger partial charge in [0.15, 0.2) is 12.4 Å². The van der Waals surface area contributed by atoms with E-state index < -0.39 is 13.0 Å². The van der Waals surface area contributed by atoms with E-state index in [0.29, 0.717) is 17.4 Å². The van der Waals surface area contributed by atoms with E-state index in [-0.39, 0.29) is 5.88 Å². The first kappa shape index (κ1) is 12.3. The van der Waals surface area contributed by atoms with Crippen molar-refractivity contribution in [2.75, 3.05) is 11.9 Å². The number of imidazole rings is 1. The molecule has 3 aromatic rings. The lowest BCUT2D eigenvalue weighted by Gasteiger charge is -2.03. The van der Waals surface area contributed by atoms with Crippen LogP contribution in [-0.4, -0.2) is 37.6 Å². The first-order valence-corrected chi connectivity index (χ1v) is 5.74. The van der Waals surface area contributed by atoms with Crippen molar-refractivity contribution in [2.45, 2.75) is 6.43 Å². The van der Waals surface area contributed by atoms with Crippen molar-refractivity contribution in [2.24, 2.45) is 0 Å². The Hall–Kier alpha value is -2.71. The van der Waals surface area contributed by atoms with Gasteiger partial charge in [0.05, 0.1) is 6.20 Å². The molecular weight excluding hydrogens is 270 g/mol. The van der Waals surface area contributed by atoms with Gasteiger partial charge >= 0.3 is 0 Å². The van der Waals surface area contributed by atoms with Gasteiger partial charge in [0.25, 0.3) is 6.43 Å². The standard InChI is InChI=1S/C11H10F2N6O/c12-7(13)6-20-10-5-19-9(17-10)2-3-14-11(19)16-8-1-4-15-18-8/h1-5,7H,6H2,(H2,14,15,16,18). The number of alkyl halides is 2. The summed E-state index contributed by atoms with van der Waals surface area (Å²) >= 11 is 0. The first-order valence-electron chi connectivity index (χ1n) is 5.74. The lowest BCUT2D eigenvalue weighted by atomic mass is 10.6. The minimum absolute atomic E-state index is 0.114. The van der Waals surface area contributed by atoms with E-state index >= 15 is 0 Å². The van der Waals surface area contributed by atoms with E-state index in [2.05, 4.69) is 25.5 Å². The molecule has 0 atom stereocenters. The Morgan fingerprint density at radius 2 is 2.30 bits per heavy atom. The summed E-state index contributed by atoms with van der Waals surface area (Å²) < 4.78 is 30.7. The Balaban J connectivity index is 1.89. The molecule has 0 aromatic carbocycles. The molecule has 3 heterocycles. The third-order valence-corrected chi connectivity index (χ3v) is 2.46. The zero-order valence-electron chi connectivity index (χ0n) is 10.1. The van der Waals surface area contributed by atoms with Crippen LogP contribution in [0, 0.1) is 0 Å². The van der Waals surface area contributed by atoms with Crippen LogP contribution in [0.4, 0.5) is 20.5 Å². The fourth-order valence-corrected chi connectivity index (χ4v) is 1.65. The van der Waals surface area contributed by atoms with Gasteiger partial charge in [0.1, 0.15) is 5.65 Å². The number of nitrogens with one attached hydrogen (secondary N) is 2. The van der Waals surface area contributed by atoms with Crippen LogP contribution in [0.3, 0.4) is 0 Å². The largest absolute Gasteiger partial charge is 0.470 e. The number of hydrogen-bond donors (Lipinski definition) is 2. The zero-order chi connectivity index (χ0) is 13.9. The van der Waals surface area contributed by atoms with Crippen molar-refractivity contribution in [3.63, 3.8) is 0 Å². The summed E-state index contributed by atoms with van der Waals surface area (Å²) in [5, 5.41) is 9.58. The molecule has 0 aliphatic carbocycles. The number of anilines is 2. The minimum Gasteiger partial charge on any atom is -0.470 e. The van der Waals surface area contributed by atoms with E-state index in [4.69, 9.17) is 4.74 Å². The van der Waals surface area contributed by atoms with Crippen molar-refractivity contribution in [1.29, 1.82) is 0 Å². The van der Waals surface area contributed by atoms with Crippen molar-refractivity contribution in [1.82, 2.24) is 24.6 Å². The van der Waals surface area contributed by atoms with Crippen molar-refractivity contribution >= 4 is 17.4 Å². The summed E-state index contributed by atoms with van der Waals surface area (Å²) in [6.45, 7) is -0.695. The Morgan fingerprint density at radius 3 is 3.05 bits per heavy atom. The van der Waals surface area contributed by atoms with Gasteiger partial charge in [-0.25, -0.2) is 13.8 Å².